The van der Waals surface area contributed by atoms with Gasteiger partial charge in [-0.15, -0.1) is 0 Å². The van der Waals surface area contributed by atoms with Gasteiger partial charge in [-0.05, 0) is 59.7 Å². The molecular formula is C31H31Cl2N5O2. The van der Waals surface area contributed by atoms with E-state index >= 15 is 0 Å². The molecule has 1 aliphatic carbocycles. The smallest absolute Gasteiger partial charge is 0.240 e. The molecule has 7 nitrogen and oxygen atoms in total. The van der Waals surface area contributed by atoms with Gasteiger partial charge in [0.05, 0.1) is 21.4 Å². The molecule has 0 radical (unpaired) electrons. The van der Waals surface area contributed by atoms with E-state index in [1.165, 1.54) is 0 Å². The summed E-state index contributed by atoms with van der Waals surface area (Å²) < 4.78 is 1.91. The first kappa shape index (κ1) is 27.9. The van der Waals surface area contributed by atoms with E-state index in [0.717, 1.165) is 34.6 Å². The minimum absolute atomic E-state index is 0.113. The zero-order valence-corrected chi connectivity index (χ0v) is 23.9. The van der Waals surface area contributed by atoms with Crippen molar-refractivity contribution in [3.8, 4) is 16.9 Å². The first-order chi connectivity index (χ1) is 19.1. The summed E-state index contributed by atoms with van der Waals surface area (Å²) >= 11 is 12.5. The number of hydrogen-bond donors (Lipinski definition) is 2. The third-order valence-corrected chi connectivity index (χ3v) is 8.80. The lowest BCUT2D eigenvalue weighted by molar-refractivity contribution is -0.130. The number of benzene rings is 2. The lowest BCUT2D eigenvalue weighted by Gasteiger charge is -2.52. The predicted octanol–water partition coefficient (Wildman–Crippen LogP) is 5.97. The Bertz CT molecular complexity index is 1520. The molecule has 2 aromatic heterocycles. The van der Waals surface area contributed by atoms with Crippen LogP contribution in [0.5, 0.6) is 0 Å². The van der Waals surface area contributed by atoms with Crippen LogP contribution in [0.15, 0.2) is 79.1 Å². The van der Waals surface area contributed by atoms with Gasteiger partial charge in [0.25, 0.3) is 0 Å². The van der Waals surface area contributed by atoms with Gasteiger partial charge in [0.15, 0.2) is 0 Å². The average Bonchev–Trinajstić information content (AvgIpc) is 3.37. The van der Waals surface area contributed by atoms with Crippen LogP contribution >= 0.6 is 23.2 Å². The van der Waals surface area contributed by atoms with Crippen molar-refractivity contribution in [2.45, 2.75) is 45.1 Å². The third kappa shape index (κ3) is 5.76. The molecule has 1 fully saturated rings. The molecule has 206 valence electrons. The standard InChI is InChI=1S/C31H31Cl2N5O2/c1-31(2)21(15-29(39)36-27(30(34)40)13-19-7-4-3-5-8-19)14-23(31)28-17-26(20-9-6-12-35-18-20)37-38(28)22-10-11-24(32)25(33)16-22/h3-12,16-18,21,23,27H,13-15H2,1-2H3,(H2,34,40)(H,36,39)/t21-,23-,27+/m1/s1. The Morgan fingerprint density at radius 1 is 1.07 bits per heavy atom. The van der Waals surface area contributed by atoms with Crippen LogP contribution in [0.25, 0.3) is 16.9 Å². The Labute approximate surface area is 243 Å². The Morgan fingerprint density at radius 2 is 1.85 bits per heavy atom. The lowest BCUT2D eigenvalue weighted by atomic mass is 9.52. The van der Waals surface area contributed by atoms with E-state index < -0.39 is 11.9 Å². The van der Waals surface area contributed by atoms with Gasteiger partial charge < -0.3 is 11.1 Å². The fourth-order valence-corrected chi connectivity index (χ4v) is 5.83. The Kier molecular flexibility index (Phi) is 7.97. The van der Waals surface area contributed by atoms with E-state index in [-0.39, 0.29) is 23.2 Å². The van der Waals surface area contributed by atoms with Crippen LogP contribution in [0.1, 0.15) is 43.9 Å². The number of aromatic nitrogens is 3. The fraction of sp³-hybridized carbons (Fsp3) is 0.290. The lowest BCUT2D eigenvalue weighted by Crippen LogP contribution is -2.49. The molecule has 0 unspecified atom stereocenters. The summed E-state index contributed by atoms with van der Waals surface area (Å²) in [5.74, 6) is -0.475. The molecule has 0 bridgehead atoms. The van der Waals surface area contributed by atoms with Crippen molar-refractivity contribution in [1.82, 2.24) is 20.1 Å². The number of nitrogens with two attached hydrogens (primary N) is 1. The largest absolute Gasteiger partial charge is 0.368 e. The molecular weight excluding hydrogens is 545 g/mol. The molecule has 1 aliphatic rings. The normalized spacial score (nSPS) is 18.5. The molecule has 40 heavy (non-hydrogen) atoms. The summed E-state index contributed by atoms with van der Waals surface area (Å²) in [5, 5.41) is 8.71. The fourth-order valence-electron chi connectivity index (χ4n) is 5.54. The molecule has 3 atom stereocenters. The summed E-state index contributed by atoms with van der Waals surface area (Å²) in [6.45, 7) is 4.34. The van der Waals surface area contributed by atoms with Crippen LogP contribution in [-0.2, 0) is 16.0 Å². The molecule has 2 heterocycles. The highest BCUT2D eigenvalue weighted by atomic mass is 35.5. The molecule has 0 spiro atoms. The highest BCUT2D eigenvalue weighted by Crippen LogP contribution is 2.58. The second-order valence-corrected chi connectivity index (χ2v) is 11.7. The van der Waals surface area contributed by atoms with Gasteiger partial charge in [0, 0.05) is 42.4 Å². The topological polar surface area (TPSA) is 103 Å². The molecule has 2 aromatic carbocycles. The zero-order valence-electron chi connectivity index (χ0n) is 22.4. The number of halogens is 2. The minimum Gasteiger partial charge on any atom is -0.368 e. The molecule has 1 saturated carbocycles. The number of nitrogens with zero attached hydrogens (tertiary/aromatic N) is 3. The van der Waals surface area contributed by atoms with Crippen LogP contribution in [0.3, 0.4) is 0 Å². The van der Waals surface area contributed by atoms with Crippen molar-refractivity contribution in [1.29, 1.82) is 0 Å². The molecule has 4 aromatic rings. The van der Waals surface area contributed by atoms with E-state index in [1.54, 1.807) is 24.5 Å². The quantitative estimate of drug-likeness (QED) is 0.256. The van der Waals surface area contributed by atoms with Crippen LogP contribution in [-0.4, -0.2) is 32.6 Å². The summed E-state index contributed by atoms with van der Waals surface area (Å²) in [6.07, 6.45) is 4.97. The van der Waals surface area contributed by atoms with Crippen molar-refractivity contribution < 1.29 is 9.59 Å². The SMILES string of the molecule is CC1(C)[C@@H](CC(=O)N[C@@H](Cc2ccccc2)C(N)=O)C[C@@H]1c1cc(-c2cccnc2)nn1-c1ccc(Cl)c(Cl)c1. The van der Waals surface area contributed by atoms with Crippen LogP contribution in [0.4, 0.5) is 0 Å². The monoisotopic (exact) mass is 575 g/mol. The van der Waals surface area contributed by atoms with Crippen molar-refractivity contribution in [3.05, 3.63) is 100 Å². The summed E-state index contributed by atoms with van der Waals surface area (Å²) in [6, 6.07) is 20.2. The minimum atomic E-state index is -0.757. The van der Waals surface area contributed by atoms with E-state index in [2.05, 4.69) is 30.2 Å². The number of nitrogens with one attached hydrogen (secondary N) is 1. The first-order valence-electron chi connectivity index (χ1n) is 13.2. The van der Waals surface area contributed by atoms with Crippen molar-refractivity contribution >= 4 is 35.0 Å². The molecule has 0 saturated heterocycles. The summed E-state index contributed by atoms with van der Waals surface area (Å²) in [5.41, 5.74) is 9.89. The average molecular weight is 577 g/mol. The van der Waals surface area contributed by atoms with E-state index in [1.807, 2.05) is 53.2 Å². The molecule has 9 heteroatoms. The number of primary amides is 1. The number of hydrogen-bond acceptors (Lipinski definition) is 4. The zero-order chi connectivity index (χ0) is 28.4. The van der Waals surface area contributed by atoms with Gasteiger partial charge in [0.1, 0.15) is 6.04 Å². The van der Waals surface area contributed by atoms with Crippen LogP contribution in [0.2, 0.25) is 10.0 Å². The second-order valence-electron chi connectivity index (χ2n) is 10.9. The maximum Gasteiger partial charge on any atom is 0.240 e. The van der Waals surface area contributed by atoms with Gasteiger partial charge >= 0.3 is 0 Å². The second kappa shape index (κ2) is 11.4. The molecule has 3 N–H and O–H groups in total. The number of amides is 2. The highest BCUT2D eigenvalue weighted by Gasteiger charge is 2.50. The number of carbonyl (C=O) groups excluding carboxylic acids is 2. The Balaban J connectivity index is 1.35. The number of carbonyl (C=O) groups is 2. The number of rotatable bonds is 9. The molecule has 0 aliphatic heterocycles. The number of pyridine rings is 1. The van der Waals surface area contributed by atoms with E-state index in [9.17, 15) is 9.59 Å². The van der Waals surface area contributed by atoms with Gasteiger partial charge in [-0.3, -0.25) is 14.6 Å². The predicted molar refractivity (Wildman–Crippen MR) is 157 cm³/mol. The maximum absolute atomic E-state index is 13.1. The molecule has 2 amide bonds. The molecule has 5 rings (SSSR count). The van der Waals surface area contributed by atoms with Crippen molar-refractivity contribution in [2.24, 2.45) is 17.1 Å². The van der Waals surface area contributed by atoms with Crippen LogP contribution in [0, 0.1) is 11.3 Å². The van der Waals surface area contributed by atoms with Crippen LogP contribution < -0.4 is 11.1 Å². The summed E-state index contributed by atoms with van der Waals surface area (Å²) in [7, 11) is 0. The van der Waals surface area contributed by atoms with Gasteiger partial charge in [-0.25, -0.2) is 4.68 Å². The maximum atomic E-state index is 13.1. The highest BCUT2D eigenvalue weighted by molar-refractivity contribution is 6.42. The third-order valence-electron chi connectivity index (χ3n) is 8.06. The van der Waals surface area contributed by atoms with E-state index in [4.69, 9.17) is 34.0 Å². The van der Waals surface area contributed by atoms with E-state index in [0.29, 0.717) is 22.9 Å². The van der Waals surface area contributed by atoms with Crippen molar-refractivity contribution in [3.63, 3.8) is 0 Å². The van der Waals surface area contributed by atoms with Gasteiger partial charge in [-0.2, -0.15) is 5.10 Å². The Morgan fingerprint density at radius 3 is 2.50 bits per heavy atom. The summed E-state index contributed by atoms with van der Waals surface area (Å²) in [4.78, 5) is 29.4. The van der Waals surface area contributed by atoms with Crippen molar-refractivity contribution in [2.75, 3.05) is 0 Å². The Hall–Kier alpha value is -3.68. The van der Waals surface area contributed by atoms with Gasteiger partial charge in [-0.1, -0.05) is 67.4 Å². The van der Waals surface area contributed by atoms with Gasteiger partial charge in [0.2, 0.25) is 11.8 Å². The first-order valence-corrected chi connectivity index (χ1v) is 14.0.